The van der Waals surface area contributed by atoms with Crippen LogP contribution in [0.1, 0.15) is 36.7 Å². The van der Waals surface area contributed by atoms with Crippen molar-refractivity contribution in [3.8, 4) is 0 Å². The Morgan fingerprint density at radius 1 is 1.05 bits per heavy atom. The first-order chi connectivity index (χ1) is 9.31. The van der Waals surface area contributed by atoms with Gasteiger partial charge < -0.3 is 9.84 Å². The molecule has 1 saturated heterocycles. The average Bonchev–Trinajstić information content (AvgIpc) is 3.34. The Morgan fingerprint density at radius 2 is 1.58 bits per heavy atom. The number of aliphatic hydroxyl groups is 1. The zero-order valence-electron chi connectivity index (χ0n) is 11.2. The van der Waals surface area contributed by atoms with Gasteiger partial charge in [0.2, 0.25) is 0 Å². The van der Waals surface area contributed by atoms with Crippen LogP contribution in [0, 0.1) is 0 Å². The molecule has 1 aliphatic heterocycles. The van der Waals surface area contributed by atoms with E-state index in [-0.39, 0.29) is 6.10 Å². The Bertz CT molecular complexity index is 463. The van der Waals surface area contributed by atoms with Crippen molar-refractivity contribution < 1.29 is 9.84 Å². The summed E-state index contributed by atoms with van der Waals surface area (Å²) >= 11 is 0. The highest BCUT2D eigenvalue weighted by molar-refractivity contribution is 5.19. The number of benzene rings is 2. The smallest absolute Gasteiger partial charge is 0.106 e. The highest BCUT2D eigenvalue weighted by Crippen LogP contribution is 2.28. The molecule has 2 heteroatoms. The second-order valence-electron chi connectivity index (χ2n) is 4.57. The molecule has 1 N–H and O–H groups in total. The Labute approximate surface area is 114 Å². The first-order valence-corrected chi connectivity index (χ1v) is 6.70. The maximum absolute atomic E-state index is 9.33. The molecule has 2 aromatic rings. The predicted molar refractivity (Wildman–Crippen MR) is 76.8 cm³/mol. The van der Waals surface area contributed by atoms with Crippen LogP contribution in [0.5, 0.6) is 0 Å². The summed E-state index contributed by atoms with van der Waals surface area (Å²) in [5.41, 5.74) is 2.31. The van der Waals surface area contributed by atoms with Crippen molar-refractivity contribution in [1.82, 2.24) is 0 Å². The molecule has 2 aromatic carbocycles. The van der Waals surface area contributed by atoms with Crippen molar-refractivity contribution in [2.24, 2.45) is 0 Å². The summed E-state index contributed by atoms with van der Waals surface area (Å²) in [6, 6.07) is 20.0. The van der Waals surface area contributed by atoms with Crippen LogP contribution in [-0.4, -0.2) is 11.7 Å². The third-order valence-corrected chi connectivity index (χ3v) is 3.08. The minimum absolute atomic E-state index is 0.291. The van der Waals surface area contributed by atoms with E-state index in [1.54, 1.807) is 0 Å². The van der Waals surface area contributed by atoms with Crippen LogP contribution in [0.25, 0.3) is 0 Å². The molecule has 2 nitrogen and oxygen atoms in total. The maximum Gasteiger partial charge on any atom is 0.106 e. The predicted octanol–water partition coefficient (Wildman–Crippen LogP) is 3.89. The number of ether oxygens (including phenoxy) is 1. The second-order valence-corrected chi connectivity index (χ2v) is 4.57. The van der Waals surface area contributed by atoms with Crippen molar-refractivity contribution in [1.29, 1.82) is 0 Å². The zero-order chi connectivity index (χ0) is 13.5. The maximum atomic E-state index is 9.33. The highest BCUT2D eigenvalue weighted by atomic mass is 16.6. The van der Waals surface area contributed by atoms with Gasteiger partial charge in [-0.15, -0.1) is 0 Å². The summed E-state index contributed by atoms with van der Waals surface area (Å²) in [4.78, 5) is 0. The summed E-state index contributed by atoms with van der Waals surface area (Å²) in [6.07, 6.45) is 0.900. The van der Waals surface area contributed by atoms with Crippen LogP contribution < -0.4 is 0 Å². The summed E-state index contributed by atoms with van der Waals surface area (Å²) < 4.78 is 5.09. The second kappa shape index (κ2) is 7.07. The Hall–Kier alpha value is -1.64. The summed E-state index contributed by atoms with van der Waals surface area (Å²) in [7, 11) is 0. The van der Waals surface area contributed by atoms with Gasteiger partial charge in [-0.3, -0.25) is 0 Å². The zero-order valence-corrected chi connectivity index (χ0v) is 11.2. The van der Waals surface area contributed by atoms with Crippen molar-refractivity contribution in [3.05, 3.63) is 71.8 Å². The van der Waals surface area contributed by atoms with Gasteiger partial charge in [0.05, 0.1) is 12.7 Å². The summed E-state index contributed by atoms with van der Waals surface area (Å²) in [6.45, 7) is 2.88. The lowest BCUT2D eigenvalue weighted by molar-refractivity contribution is 0.173. The minimum atomic E-state index is -0.291. The monoisotopic (exact) mass is 256 g/mol. The number of aliphatic hydroxyl groups excluding tert-OH is 1. The van der Waals surface area contributed by atoms with Crippen molar-refractivity contribution in [3.63, 3.8) is 0 Å². The fourth-order valence-corrected chi connectivity index (χ4v) is 1.82. The number of epoxide rings is 1. The average molecular weight is 256 g/mol. The van der Waals surface area contributed by atoms with E-state index < -0.39 is 0 Å². The van der Waals surface area contributed by atoms with Gasteiger partial charge in [0.15, 0.2) is 0 Å². The fraction of sp³-hybridized carbons (Fsp3) is 0.294. The van der Waals surface area contributed by atoms with E-state index in [1.165, 1.54) is 5.56 Å². The molecule has 3 rings (SSSR count). The topological polar surface area (TPSA) is 32.8 Å². The van der Waals surface area contributed by atoms with E-state index in [9.17, 15) is 5.11 Å². The van der Waals surface area contributed by atoms with Crippen LogP contribution in [0.3, 0.4) is 0 Å². The molecule has 0 bridgehead atoms. The van der Waals surface area contributed by atoms with Crippen LogP contribution in [0.2, 0.25) is 0 Å². The molecular formula is C17H20O2. The largest absolute Gasteiger partial charge is 0.388 e. The Morgan fingerprint density at radius 3 is 2.05 bits per heavy atom. The lowest BCUT2D eigenvalue weighted by Crippen LogP contribution is -1.93. The van der Waals surface area contributed by atoms with Gasteiger partial charge in [-0.05, 0) is 17.5 Å². The van der Waals surface area contributed by atoms with Crippen molar-refractivity contribution in [2.45, 2.75) is 25.6 Å². The van der Waals surface area contributed by atoms with E-state index >= 15 is 0 Å². The van der Waals surface area contributed by atoms with Gasteiger partial charge in [-0.1, -0.05) is 67.6 Å². The van der Waals surface area contributed by atoms with E-state index in [2.05, 4.69) is 12.1 Å². The van der Waals surface area contributed by atoms with Crippen LogP contribution in [0.15, 0.2) is 60.7 Å². The van der Waals surface area contributed by atoms with Crippen LogP contribution in [0.4, 0.5) is 0 Å². The lowest BCUT2D eigenvalue weighted by Gasteiger charge is -2.05. The molecule has 0 saturated carbocycles. The lowest BCUT2D eigenvalue weighted by atomic mass is 10.1. The van der Waals surface area contributed by atoms with Gasteiger partial charge in [-0.25, -0.2) is 0 Å². The van der Waals surface area contributed by atoms with Gasteiger partial charge in [0.25, 0.3) is 0 Å². The molecule has 2 atom stereocenters. The molecule has 1 aliphatic rings. The van der Waals surface area contributed by atoms with E-state index in [4.69, 9.17) is 4.74 Å². The molecule has 0 radical (unpaired) electrons. The third kappa shape index (κ3) is 4.51. The molecule has 0 amide bonds. The molecular weight excluding hydrogens is 236 g/mol. The molecule has 1 heterocycles. The first-order valence-electron chi connectivity index (χ1n) is 6.70. The molecule has 0 aromatic heterocycles. The summed E-state index contributed by atoms with van der Waals surface area (Å²) in [5.74, 6) is 0. The highest BCUT2D eigenvalue weighted by Gasteiger charge is 2.23. The van der Waals surface area contributed by atoms with Gasteiger partial charge in [0.1, 0.15) is 6.10 Å². The van der Waals surface area contributed by atoms with E-state index in [0.29, 0.717) is 6.10 Å². The molecule has 100 valence electrons. The number of rotatable bonds is 3. The Kier molecular flexibility index (Phi) is 5.13. The molecule has 1 fully saturated rings. The van der Waals surface area contributed by atoms with Crippen molar-refractivity contribution in [2.75, 3.05) is 6.61 Å². The molecule has 19 heavy (non-hydrogen) atoms. The molecule has 0 aliphatic carbocycles. The minimum Gasteiger partial charge on any atom is -0.388 e. The number of hydrogen-bond donors (Lipinski definition) is 1. The van der Waals surface area contributed by atoms with Crippen LogP contribution in [-0.2, 0) is 4.74 Å². The Balaban J connectivity index is 0.000000141. The number of hydrogen-bond acceptors (Lipinski definition) is 2. The third-order valence-electron chi connectivity index (χ3n) is 3.08. The SMILES string of the molecule is CC[C@H](O)c1ccccc1.c1ccc(C2CO2)cc1. The molecule has 0 spiro atoms. The van der Waals surface area contributed by atoms with E-state index in [1.807, 2.05) is 55.5 Å². The van der Waals surface area contributed by atoms with Gasteiger partial charge in [-0.2, -0.15) is 0 Å². The summed E-state index contributed by atoms with van der Waals surface area (Å²) in [5, 5.41) is 9.33. The quantitative estimate of drug-likeness (QED) is 0.845. The fourth-order valence-electron chi connectivity index (χ4n) is 1.82. The van der Waals surface area contributed by atoms with Crippen molar-refractivity contribution >= 4 is 0 Å². The van der Waals surface area contributed by atoms with Gasteiger partial charge in [0, 0.05) is 0 Å². The van der Waals surface area contributed by atoms with Gasteiger partial charge >= 0.3 is 0 Å². The van der Waals surface area contributed by atoms with Crippen LogP contribution >= 0.6 is 0 Å². The first kappa shape index (κ1) is 13.8. The standard InChI is InChI=1S/C9H12O.C8H8O/c1-2-9(10)8-6-4-3-5-7-8;1-2-4-7(5-3-1)8-6-9-8/h3-7,9-10H,2H2,1H3;1-5,8H,6H2/t9-;/m0./s1. The van der Waals surface area contributed by atoms with E-state index in [0.717, 1.165) is 18.6 Å². The normalized spacial score (nSPS) is 18.1. The molecule has 1 unspecified atom stereocenters.